The number of carbonyl (C=O) groups excluding carboxylic acids is 1. The summed E-state index contributed by atoms with van der Waals surface area (Å²) in [4.78, 5) is 13.0. The Morgan fingerprint density at radius 2 is 2.12 bits per heavy atom. The molecule has 0 unspecified atom stereocenters. The Bertz CT molecular complexity index is 418. The maximum Gasteiger partial charge on any atom is 0.143 e. The van der Waals surface area contributed by atoms with Gasteiger partial charge in [0.1, 0.15) is 11.5 Å². The Morgan fingerprint density at radius 1 is 1.47 bits per heavy atom. The van der Waals surface area contributed by atoms with Gasteiger partial charge in [-0.2, -0.15) is 0 Å². The Labute approximate surface area is 107 Å². The Morgan fingerprint density at radius 3 is 2.65 bits per heavy atom. The number of nitrogens with zero attached hydrogens (tertiary/aromatic N) is 1. The van der Waals surface area contributed by atoms with Gasteiger partial charge in [0.15, 0.2) is 0 Å². The van der Waals surface area contributed by atoms with Gasteiger partial charge in [0.25, 0.3) is 0 Å². The second kappa shape index (κ2) is 6.03. The minimum atomic E-state index is 0.143. The summed E-state index contributed by atoms with van der Waals surface area (Å²) in [5.74, 6) is 0.951. The van der Waals surface area contributed by atoms with Crippen LogP contribution in [0.1, 0.15) is 18.1 Å². The Kier molecular flexibility index (Phi) is 4.97. The zero-order chi connectivity index (χ0) is 13.0. The first-order chi connectivity index (χ1) is 7.93. The van der Waals surface area contributed by atoms with Crippen LogP contribution in [-0.2, 0) is 11.3 Å². The number of Topliss-reactive ketones (excluding diaryl/α,β-unsaturated/α-hetero) is 1. The Hall–Kier alpha value is -1.06. The Balaban J connectivity index is 2.89. The van der Waals surface area contributed by atoms with E-state index in [-0.39, 0.29) is 5.78 Å². The van der Waals surface area contributed by atoms with Crippen molar-refractivity contribution in [2.75, 3.05) is 20.7 Å². The monoisotopic (exact) mass is 255 g/mol. The molecule has 0 spiro atoms. The highest BCUT2D eigenvalue weighted by Crippen LogP contribution is 2.27. The number of ketones is 1. The highest BCUT2D eigenvalue weighted by atomic mass is 35.5. The number of hydrogen-bond acceptors (Lipinski definition) is 3. The van der Waals surface area contributed by atoms with Crippen LogP contribution >= 0.6 is 11.6 Å². The molecule has 0 saturated heterocycles. The molecule has 0 aliphatic carbocycles. The van der Waals surface area contributed by atoms with Crippen LogP contribution in [0, 0.1) is 6.92 Å². The zero-order valence-electron chi connectivity index (χ0n) is 10.7. The minimum Gasteiger partial charge on any atom is -0.496 e. The van der Waals surface area contributed by atoms with Crippen molar-refractivity contribution in [2.24, 2.45) is 0 Å². The fraction of sp³-hybridized carbons (Fsp3) is 0.462. The molecule has 17 heavy (non-hydrogen) atoms. The van der Waals surface area contributed by atoms with E-state index in [4.69, 9.17) is 16.3 Å². The predicted molar refractivity (Wildman–Crippen MR) is 69.8 cm³/mol. The van der Waals surface area contributed by atoms with Crippen molar-refractivity contribution >= 4 is 17.4 Å². The second-order valence-corrected chi connectivity index (χ2v) is 4.69. The second-order valence-electron chi connectivity index (χ2n) is 4.29. The summed E-state index contributed by atoms with van der Waals surface area (Å²) < 4.78 is 5.32. The topological polar surface area (TPSA) is 29.5 Å². The number of likely N-dealkylation sites (N-methyl/N-ethyl adjacent to an activating group) is 1. The number of ether oxygens (including phenoxy) is 1. The summed E-state index contributed by atoms with van der Waals surface area (Å²) in [7, 11) is 3.53. The lowest BCUT2D eigenvalue weighted by atomic mass is 10.1. The molecule has 0 radical (unpaired) electrons. The highest BCUT2D eigenvalue weighted by Gasteiger charge is 2.10. The largest absolute Gasteiger partial charge is 0.496 e. The fourth-order valence-corrected chi connectivity index (χ4v) is 1.92. The van der Waals surface area contributed by atoms with Crippen LogP contribution in [0.25, 0.3) is 0 Å². The molecule has 1 rings (SSSR count). The molecule has 0 N–H and O–H groups in total. The van der Waals surface area contributed by atoms with Gasteiger partial charge in [0.2, 0.25) is 0 Å². The normalized spacial score (nSPS) is 10.7. The van der Waals surface area contributed by atoms with Crippen molar-refractivity contribution in [3.05, 3.63) is 28.3 Å². The molecular formula is C13H18ClNO2. The minimum absolute atomic E-state index is 0.143. The molecule has 94 valence electrons. The van der Waals surface area contributed by atoms with Crippen molar-refractivity contribution in [1.29, 1.82) is 0 Å². The van der Waals surface area contributed by atoms with Gasteiger partial charge in [0.05, 0.1) is 13.7 Å². The van der Waals surface area contributed by atoms with Crippen molar-refractivity contribution in [3.63, 3.8) is 0 Å². The van der Waals surface area contributed by atoms with Crippen LogP contribution in [0.3, 0.4) is 0 Å². The molecule has 0 atom stereocenters. The molecule has 0 bridgehead atoms. The first kappa shape index (κ1) is 14.0. The molecule has 4 heteroatoms. The van der Waals surface area contributed by atoms with Gasteiger partial charge in [-0.1, -0.05) is 11.6 Å². The zero-order valence-corrected chi connectivity index (χ0v) is 11.5. The number of halogens is 1. The molecule has 0 fully saturated rings. The molecule has 0 amide bonds. The summed E-state index contributed by atoms with van der Waals surface area (Å²) in [5, 5.41) is 0.719. The van der Waals surface area contributed by atoms with E-state index in [9.17, 15) is 4.79 Å². The van der Waals surface area contributed by atoms with E-state index in [0.717, 1.165) is 21.9 Å². The molecule has 0 saturated carbocycles. The standard InChI is InChI=1S/C13H18ClNO2/c1-9-5-13(17-4)11(6-12(9)14)8-15(3)7-10(2)16/h5-6H,7-8H2,1-4H3. The molecule has 0 aliphatic heterocycles. The maximum atomic E-state index is 11.0. The molecule has 1 aromatic rings. The van der Waals surface area contributed by atoms with Crippen LogP contribution in [0.15, 0.2) is 12.1 Å². The van der Waals surface area contributed by atoms with Crippen molar-refractivity contribution in [3.8, 4) is 5.75 Å². The summed E-state index contributed by atoms with van der Waals surface area (Å²) >= 11 is 6.09. The highest BCUT2D eigenvalue weighted by molar-refractivity contribution is 6.31. The van der Waals surface area contributed by atoms with Gasteiger partial charge in [-0.05, 0) is 38.6 Å². The number of hydrogen-bond donors (Lipinski definition) is 0. The molecule has 3 nitrogen and oxygen atoms in total. The van der Waals surface area contributed by atoms with E-state index >= 15 is 0 Å². The number of benzene rings is 1. The lowest BCUT2D eigenvalue weighted by Crippen LogP contribution is -2.24. The van der Waals surface area contributed by atoms with Gasteiger partial charge >= 0.3 is 0 Å². The maximum absolute atomic E-state index is 11.0. The van der Waals surface area contributed by atoms with E-state index in [1.165, 1.54) is 0 Å². The molecule has 0 aromatic heterocycles. The van der Waals surface area contributed by atoms with Gasteiger partial charge in [-0.3, -0.25) is 9.69 Å². The lowest BCUT2D eigenvalue weighted by molar-refractivity contribution is -0.117. The van der Waals surface area contributed by atoms with Crippen molar-refractivity contribution < 1.29 is 9.53 Å². The fourth-order valence-electron chi connectivity index (χ4n) is 1.74. The number of methoxy groups -OCH3 is 1. The van der Waals surface area contributed by atoms with E-state index < -0.39 is 0 Å². The SMILES string of the molecule is COc1cc(C)c(Cl)cc1CN(C)CC(C)=O. The smallest absolute Gasteiger partial charge is 0.143 e. The molecular weight excluding hydrogens is 238 g/mol. The third kappa shape index (κ3) is 4.02. The summed E-state index contributed by atoms with van der Waals surface area (Å²) in [6, 6.07) is 3.81. The third-order valence-corrected chi connectivity index (χ3v) is 2.90. The number of rotatable bonds is 5. The van der Waals surface area contributed by atoms with E-state index in [1.807, 2.05) is 31.0 Å². The summed E-state index contributed by atoms with van der Waals surface area (Å²) in [5.41, 5.74) is 1.98. The van der Waals surface area contributed by atoms with Crippen LogP contribution in [0.2, 0.25) is 5.02 Å². The van der Waals surface area contributed by atoms with Gasteiger partial charge in [0, 0.05) is 17.1 Å². The van der Waals surface area contributed by atoms with Gasteiger partial charge < -0.3 is 4.74 Å². The van der Waals surface area contributed by atoms with Crippen LogP contribution < -0.4 is 4.74 Å². The lowest BCUT2D eigenvalue weighted by Gasteiger charge is -2.17. The summed E-state index contributed by atoms with van der Waals surface area (Å²) in [6.45, 7) is 4.58. The van der Waals surface area contributed by atoms with E-state index in [1.54, 1.807) is 14.0 Å². The van der Waals surface area contributed by atoms with E-state index in [2.05, 4.69) is 0 Å². The quantitative estimate of drug-likeness (QED) is 0.810. The molecule has 0 aliphatic rings. The molecule has 1 aromatic carbocycles. The first-order valence-corrected chi connectivity index (χ1v) is 5.82. The average molecular weight is 256 g/mol. The average Bonchev–Trinajstić information content (AvgIpc) is 2.21. The van der Waals surface area contributed by atoms with Gasteiger partial charge in [-0.25, -0.2) is 0 Å². The van der Waals surface area contributed by atoms with Crippen LogP contribution in [0.5, 0.6) is 5.75 Å². The van der Waals surface area contributed by atoms with Crippen LogP contribution in [0.4, 0.5) is 0 Å². The predicted octanol–water partition coefficient (Wildman–Crippen LogP) is 2.68. The molecule has 0 heterocycles. The van der Waals surface area contributed by atoms with Crippen LogP contribution in [-0.4, -0.2) is 31.4 Å². The number of aryl methyl sites for hydroxylation is 1. The van der Waals surface area contributed by atoms with Gasteiger partial charge in [-0.15, -0.1) is 0 Å². The number of carbonyl (C=O) groups is 1. The third-order valence-electron chi connectivity index (χ3n) is 2.49. The van der Waals surface area contributed by atoms with E-state index in [0.29, 0.717) is 13.1 Å². The van der Waals surface area contributed by atoms with Crippen molar-refractivity contribution in [2.45, 2.75) is 20.4 Å². The van der Waals surface area contributed by atoms with Crippen molar-refractivity contribution in [1.82, 2.24) is 4.90 Å². The summed E-state index contributed by atoms with van der Waals surface area (Å²) in [6.07, 6.45) is 0. The first-order valence-electron chi connectivity index (χ1n) is 5.45.